The number of rotatable bonds is 16. The Morgan fingerprint density at radius 1 is 0.756 bits per heavy atom. The van der Waals surface area contributed by atoms with Crippen molar-refractivity contribution in [3.05, 3.63) is 35.9 Å². The number of ether oxygens (including phenoxy) is 1. The number of alkyl carbamates (subject to hydrolysis) is 1. The molecule has 1 unspecified atom stereocenters. The molecule has 12 nitrogen and oxygen atoms in total. The van der Waals surface area contributed by atoms with Gasteiger partial charge in [-0.25, -0.2) is 9.59 Å². The van der Waals surface area contributed by atoms with Gasteiger partial charge in [-0.05, 0) is 36.2 Å². The Morgan fingerprint density at radius 2 is 1.29 bits per heavy atom. The number of amides is 4. The van der Waals surface area contributed by atoms with E-state index in [0.717, 1.165) is 5.56 Å². The Balaban J connectivity index is 2.88. The number of hydrogen-bond donors (Lipinski definition) is 5. The van der Waals surface area contributed by atoms with Crippen LogP contribution < -0.4 is 21.3 Å². The molecule has 0 spiro atoms. The molecule has 0 saturated carbocycles. The van der Waals surface area contributed by atoms with Crippen molar-refractivity contribution in [3.63, 3.8) is 0 Å². The van der Waals surface area contributed by atoms with E-state index < -0.39 is 65.7 Å². The highest BCUT2D eigenvalue weighted by Gasteiger charge is 2.34. The predicted molar refractivity (Wildman–Crippen MR) is 151 cm³/mol. The molecule has 1 aromatic carbocycles. The van der Waals surface area contributed by atoms with Gasteiger partial charge in [-0.2, -0.15) is 0 Å². The zero-order valence-corrected chi connectivity index (χ0v) is 24.9. The molecule has 4 amide bonds. The topological polar surface area (TPSA) is 180 Å². The van der Waals surface area contributed by atoms with Gasteiger partial charge in [0.2, 0.25) is 17.6 Å². The van der Waals surface area contributed by atoms with E-state index in [2.05, 4.69) is 21.3 Å². The second kappa shape index (κ2) is 17.0. The van der Waals surface area contributed by atoms with Crippen LogP contribution in [0.25, 0.3) is 0 Å². The maximum absolute atomic E-state index is 13.2. The number of ketones is 1. The molecule has 0 aliphatic rings. The van der Waals surface area contributed by atoms with Crippen molar-refractivity contribution in [1.29, 1.82) is 0 Å². The van der Waals surface area contributed by atoms with Gasteiger partial charge in [0.15, 0.2) is 0 Å². The first kappa shape index (κ1) is 35.1. The van der Waals surface area contributed by atoms with Gasteiger partial charge >= 0.3 is 12.1 Å². The van der Waals surface area contributed by atoms with E-state index >= 15 is 0 Å². The smallest absolute Gasteiger partial charge is 0.408 e. The third kappa shape index (κ3) is 12.0. The quantitative estimate of drug-likeness (QED) is 0.186. The largest absolute Gasteiger partial charge is 0.480 e. The number of hydrogen-bond acceptors (Lipinski definition) is 7. The highest BCUT2D eigenvalue weighted by Crippen LogP contribution is 2.10. The number of carboxylic acid groups (broad SMARTS) is 1. The maximum Gasteiger partial charge on any atom is 0.408 e. The summed E-state index contributed by atoms with van der Waals surface area (Å²) in [6, 6.07) is 4.43. The van der Waals surface area contributed by atoms with Crippen molar-refractivity contribution in [2.75, 3.05) is 0 Å². The van der Waals surface area contributed by atoms with Gasteiger partial charge in [-0.1, -0.05) is 78.8 Å². The van der Waals surface area contributed by atoms with Gasteiger partial charge in [0.05, 0.1) is 6.04 Å². The second-order valence-electron chi connectivity index (χ2n) is 11.0. The Morgan fingerprint density at radius 3 is 1.78 bits per heavy atom. The first-order valence-electron chi connectivity index (χ1n) is 13.8. The molecule has 228 valence electrons. The summed E-state index contributed by atoms with van der Waals surface area (Å²) in [7, 11) is 0. The number of Topliss-reactive ketones (excluding diaryl/α,β-unsaturated/α-hetero) is 1. The fraction of sp³-hybridized carbons (Fsp3) is 0.586. The standard InChI is InChI=1S/C29H44N4O8/c1-8-20(24(34)27(37)31-21(28(38)39)14-16(2)3)30-25(35)22(17(4)5)32-26(36)23(18(6)7)33-29(40)41-15-19-12-10-9-11-13-19/h9-13,16-18,20-23H,8,14-15H2,1-7H3,(H,30,35)(H,31,37)(H,32,36)(H,33,40)(H,38,39)/t20?,21-,22+,23+/m1/s1. The Labute approximate surface area is 241 Å². The molecule has 0 aliphatic heterocycles. The first-order valence-corrected chi connectivity index (χ1v) is 13.8. The molecule has 1 aromatic rings. The van der Waals surface area contributed by atoms with Gasteiger partial charge in [0, 0.05) is 0 Å². The normalized spacial score (nSPS) is 14.0. The predicted octanol–water partition coefficient (Wildman–Crippen LogP) is 2.16. The molecule has 1 rings (SSSR count). The van der Waals surface area contributed by atoms with Crippen LogP contribution in [0.3, 0.4) is 0 Å². The number of carbonyl (C=O) groups excluding carboxylic acids is 5. The van der Waals surface area contributed by atoms with Crippen molar-refractivity contribution in [2.45, 2.75) is 92.1 Å². The summed E-state index contributed by atoms with van der Waals surface area (Å²) in [5, 5.41) is 19.3. The van der Waals surface area contributed by atoms with Crippen LogP contribution in [0, 0.1) is 17.8 Å². The zero-order chi connectivity index (χ0) is 31.3. The van der Waals surface area contributed by atoms with Crippen molar-refractivity contribution < 1.29 is 38.6 Å². The van der Waals surface area contributed by atoms with Gasteiger partial charge in [-0.3, -0.25) is 19.2 Å². The summed E-state index contributed by atoms with van der Waals surface area (Å²) in [6.07, 6.45) is -0.612. The lowest BCUT2D eigenvalue weighted by atomic mass is 9.99. The molecular formula is C29H44N4O8. The Bertz CT molecular complexity index is 1060. The highest BCUT2D eigenvalue weighted by atomic mass is 16.5. The van der Waals surface area contributed by atoms with E-state index in [4.69, 9.17) is 4.74 Å². The Kier molecular flexibility index (Phi) is 14.5. The van der Waals surface area contributed by atoms with Crippen molar-refractivity contribution >= 4 is 35.6 Å². The van der Waals surface area contributed by atoms with E-state index in [-0.39, 0.29) is 31.3 Å². The summed E-state index contributed by atoms with van der Waals surface area (Å²) in [4.78, 5) is 75.4. The van der Waals surface area contributed by atoms with Crippen LogP contribution in [-0.4, -0.2) is 64.8 Å². The van der Waals surface area contributed by atoms with Crippen LogP contribution in [-0.2, 0) is 35.3 Å². The first-order chi connectivity index (χ1) is 19.2. The number of benzene rings is 1. The van der Waals surface area contributed by atoms with E-state index in [1.807, 2.05) is 6.07 Å². The van der Waals surface area contributed by atoms with E-state index in [1.54, 1.807) is 72.7 Å². The lowest BCUT2D eigenvalue weighted by molar-refractivity contribution is -0.145. The van der Waals surface area contributed by atoms with Gasteiger partial charge in [0.1, 0.15) is 24.7 Å². The monoisotopic (exact) mass is 576 g/mol. The number of carbonyl (C=O) groups is 6. The molecule has 4 atom stereocenters. The molecular weight excluding hydrogens is 532 g/mol. The summed E-state index contributed by atoms with van der Waals surface area (Å²) >= 11 is 0. The van der Waals surface area contributed by atoms with E-state index in [0.29, 0.717) is 0 Å². The molecule has 5 N–H and O–H groups in total. The minimum atomic E-state index is -1.27. The molecule has 0 aliphatic carbocycles. The molecule has 0 fully saturated rings. The summed E-state index contributed by atoms with van der Waals surface area (Å²) in [5.41, 5.74) is 0.775. The van der Waals surface area contributed by atoms with Crippen molar-refractivity contribution in [3.8, 4) is 0 Å². The highest BCUT2D eigenvalue weighted by molar-refractivity contribution is 6.38. The number of nitrogens with one attached hydrogen (secondary N) is 4. The van der Waals surface area contributed by atoms with Crippen LogP contribution in [0.1, 0.15) is 66.9 Å². The van der Waals surface area contributed by atoms with Gasteiger partial charge in [0.25, 0.3) is 5.91 Å². The molecule has 0 heterocycles. The van der Waals surface area contributed by atoms with Gasteiger partial charge in [-0.15, -0.1) is 0 Å². The average molecular weight is 577 g/mol. The van der Waals surface area contributed by atoms with Crippen LogP contribution in [0.5, 0.6) is 0 Å². The fourth-order valence-electron chi connectivity index (χ4n) is 3.90. The summed E-state index contributed by atoms with van der Waals surface area (Å²) in [6.45, 7) is 12.0. The van der Waals surface area contributed by atoms with Crippen LogP contribution >= 0.6 is 0 Å². The van der Waals surface area contributed by atoms with Gasteiger partial charge < -0.3 is 31.1 Å². The van der Waals surface area contributed by atoms with E-state index in [1.165, 1.54) is 0 Å². The van der Waals surface area contributed by atoms with Crippen molar-refractivity contribution in [1.82, 2.24) is 21.3 Å². The Hall–Kier alpha value is -3.96. The van der Waals surface area contributed by atoms with E-state index in [9.17, 15) is 33.9 Å². The fourth-order valence-corrected chi connectivity index (χ4v) is 3.90. The van der Waals surface area contributed by atoms with Crippen LogP contribution in [0.15, 0.2) is 30.3 Å². The number of carboxylic acids is 1. The second-order valence-corrected chi connectivity index (χ2v) is 11.0. The minimum Gasteiger partial charge on any atom is -0.480 e. The maximum atomic E-state index is 13.2. The van der Waals surface area contributed by atoms with Crippen molar-refractivity contribution in [2.24, 2.45) is 17.8 Å². The summed E-state index contributed by atoms with van der Waals surface area (Å²) in [5.74, 6) is -5.51. The van der Waals surface area contributed by atoms with Crippen LogP contribution in [0.4, 0.5) is 4.79 Å². The zero-order valence-electron chi connectivity index (χ0n) is 24.9. The lowest BCUT2D eigenvalue weighted by Gasteiger charge is -2.28. The molecule has 0 radical (unpaired) electrons. The van der Waals surface area contributed by atoms with Crippen LogP contribution in [0.2, 0.25) is 0 Å². The molecule has 0 bridgehead atoms. The molecule has 0 aromatic heterocycles. The summed E-state index contributed by atoms with van der Waals surface area (Å²) < 4.78 is 5.22. The minimum absolute atomic E-state index is 0.0147. The molecule has 0 saturated heterocycles. The molecule has 41 heavy (non-hydrogen) atoms. The third-order valence-corrected chi connectivity index (χ3v) is 6.26. The number of aliphatic carboxylic acids is 1. The lowest BCUT2D eigenvalue weighted by Crippen LogP contribution is -2.59. The average Bonchev–Trinajstić information content (AvgIpc) is 2.90. The third-order valence-electron chi connectivity index (χ3n) is 6.26. The molecule has 12 heteroatoms. The SMILES string of the molecule is CCC(NC(=O)[C@@H](NC(=O)[C@@H](NC(=O)OCc1ccccc1)C(C)C)C(C)C)C(=O)C(=O)N[C@H](CC(C)C)C(=O)O.